The summed E-state index contributed by atoms with van der Waals surface area (Å²) < 4.78 is 5.16. The number of hydrogen-bond donors (Lipinski definition) is 2. The van der Waals surface area contributed by atoms with Crippen LogP contribution in [-0.4, -0.2) is 26.3 Å². The second kappa shape index (κ2) is 6.19. The Bertz CT molecular complexity index is 565. The van der Waals surface area contributed by atoms with E-state index in [-0.39, 0.29) is 5.75 Å². The Hall–Kier alpha value is -2.36. The number of nitrogens with zero attached hydrogens (tertiary/aromatic N) is 1. The van der Waals surface area contributed by atoms with Gasteiger partial charge < -0.3 is 20.1 Å². The molecule has 0 aliphatic heterocycles. The summed E-state index contributed by atoms with van der Waals surface area (Å²) in [6.45, 7) is 0.546. The zero-order valence-corrected chi connectivity index (χ0v) is 12.1. The first-order chi connectivity index (χ1) is 9.60. The second-order valence-electron chi connectivity index (χ2n) is 4.79. The molecule has 4 nitrogen and oxygen atoms in total. The Labute approximate surface area is 119 Å². The number of rotatable bonds is 5. The van der Waals surface area contributed by atoms with Crippen molar-refractivity contribution in [1.82, 2.24) is 0 Å². The lowest BCUT2D eigenvalue weighted by molar-refractivity contribution is 0.411. The molecule has 0 saturated carbocycles. The lowest BCUT2D eigenvalue weighted by Crippen LogP contribution is -2.08. The van der Waals surface area contributed by atoms with Crippen molar-refractivity contribution in [2.24, 2.45) is 0 Å². The summed E-state index contributed by atoms with van der Waals surface area (Å²) in [5.41, 5.74) is 2.97. The van der Waals surface area contributed by atoms with E-state index in [1.54, 1.807) is 19.2 Å². The van der Waals surface area contributed by atoms with Crippen molar-refractivity contribution in [3.63, 3.8) is 0 Å². The molecule has 2 aromatic rings. The molecule has 0 unspecified atom stereocenters. The summed E-state index contributed by atoms with van der Waals surface area (Å²) in [5.74, 6) is 1.01. The monoisotopic (exact) mass is 272 g/mol. The number of benzene rings is 2. The lowest BCUT2D eigenvalue weighted by atomic mass is 10.2. The van der Waals surface area contributed by atoms with Crippen LogP contribution in [0.4, 0.5) is 11.4 Å². The van der Waals surface area contributed by atoms with Gasteiger partial charge in [-0.25, -0.2) is 0 Å². The molecule has 2 N–H and O–H groups in total. The fraction of sp³-hybridized carbons (Fsp3) is 0.250. The minimum Gasteiger partial charge on any atom is -0.508 e. The van der Waals surface area contributed by atoms with Gasteiger partial charge in [-0.15, -0.1) is 0 Å². The third-order valence-electron chi connectivity index (χ3n) is 3.15. The van der Waals surface area contributed by atoms with E-state index >= 15 is 0 Å². The second-order valence-corrected chi connectivity index (χ2v) is 4.79. The van der Waals surface area contributed by atoms with E-state index in [0.29, 0.717) is 6.54 Å². The summed E-state index contributed by atoms with van der Waals surface area (Å²) in [4.78, 5) is 2.05. The highest BCUT2D eigenvalue weighted by Gasteiger charge is 2.03. The predicted octanol–water partition coefficient (Wildman–Crippen LogP) is 3.08. The van der Waals surface area contributed by atoms with Crippen LogP contribution in [0.2, 0.25) is 0 Å². The molecule has 0 saturated heterocycles. The molecule has 2 aromatic carbocycles. The van der Waals surface area contributed by atoms with Crippen LogP contribution in [0.25, 0.3) is 0 Å². The molecule has 0 bridgehead atoms. The first kappa shape index (κ1) is 14.1. The smallest absolute Gasteiger partial charge is 0.120 e. The van der Waals surface area contributed by atoms with Crippen LogP contribution in [0.1, 0.15) is 5.56 Å². The van der Waals surface area contributed by atoms with Crippen molar-refractivity contribution in [3.8, 4) is 11.5 Å². The molecule has 0 aliphatic carbocycles. The van der Waals surface area contributed by atoms with E-state index < -0.39 is 0 Å². The van der Waals surface area contributed by atoms with Crippen LogP contribution in [0.5, 0.6) is 11.5 Å². The molecule has 0 atom stereocenters. The summed E-state index contributed by atoms with van der Waals surface area (Å²) >= 11 is 0. The van der Waals surface area contributed by atoms with Crippen LogP contribution < -0.4 is 15.0 Å². The van der Waals surface area contributed by atoms with E-state index in [9.17, 15) is 5.11 Å². The fourth-order valence-electron chi connectivity index (χ4n) is 1.91. The Morgan fingerprint density at radius 2 is 1.80 bits per heavy atom. The van der Waals surface area contributed by atoms with E-state index in [1.807, 2.05) is 44.4 Å². The molecular weight excluding hydrogens is 252 g/mol. The first-order valence-corrected chi connectivity index (χ1v) is 6.47. The number of aromatic hydroxyl groups is 1. The minimum atomic E-state index is 0.267. The maximum absolute atomic E-state index is 9.82. The summed E-state index contributed by atoms with van der Waals surface area (Å²) in [6.07, 6.45) is 0. The maximum atomic E-state index is 9.82. The van der Waals surface area contributed by atoms with Gasteiger partial charge in [0.2, 0.25) is 0 Å². The molecule has 0 heterocycles. The molecule has 20 heavy (non-hydrogen) atoms. The molecule has 0 aromatic heterocycles. The van der Waals surface area contributed by atoms with Gasteiger partial charge in [-0.3, -0.25) is 0 Å². The molecule has 2 rings (SSSR count). The Balaban J connectivity index is 2.04. The molecular formula is C16H20N2O2. The highest BCUT2D eigenvalue weighted by Crippen LogP contribution is 2.24. The molecule has 0 fully saturated rings. The fourth-order valence-corrected chi connectivity index (χ4v) is 1.91. The number of methoxy groups -OCH3 is 1. The van der Waals surface area contributed by atoms with E-state index in [0.717, 1.165) is 22.7 Å². The van der Waals surface area contributed by atoms with Gasteiger partial charge in [0, 0.05) is 37.6 Å². The van der Waals surface area contributed by atoms with Crippen LogP contribution in [0, 0.1) is 0 Å². The van der Waals surface area contributed by atoms with Crippen LogP contribution in [0.15, 0.2) is 42.5 Å². The average molecular weight is 272 g/mol. The summed E-state index contributed by atoms with van der Waals surface area (Å²) in [7, 11) is 5.64. The lowest BCUT2D eigenvalue weighted by Gasteiger charge is -2.14. The Morgan fingerprint density at radius 3 is 2.40 bits per heavy atom. The van der Waals surface area contributed by atoms with Gasteiger partial charge in [0.1, 0.15) is 11.5 Å². The summed E-state index contributed by atoms with van der Waals surface area (Å²) in [6, 6.07) is 13.4. The van der Waals surface area contributed by atoms with Crippen molar-refractivity contribution < 1.29 is 9.84 Å². The van der Waals surface area contributed by atoms with Gasteiger partial charge in [-0.1, -0.05) is 0 Å². The van der Waals surface area contributed by atoms with Gasteiger partial charge in [0.25, 0.3) is 0 Å². The SMILES string of the molecule is COc1ccc(O)c(CNc2ccc(N(C)C)cc2)c1. The number of hydrogen-bond acceptors (Lipinski definition) is 4. The van der Waals surface area contributed by atoms with Gasteiger partial charge in [0.05, 0.1) is 7.11 Å². The normalized spacial score (nSPS) is 10.2. The van der Waals surface area contributed by atoms with Crippen molar-refractivity contribution in [3.05, 3.63) is 48.0 Å². The van der Waals surface area contributed by atoms with Crippen LogP contribution >= 0.6 is 0 Å². The molecule has 0 radical (unpaired) electrons. The predicted molar refractivity (Wildman–Crippen MR) is 82.8 cm³/mol. The maximum Gasteiger partial charge on any atom is 0.120 e. The zero-order chi connectivity index (χ0) is 14.5. The van der Waals surface area contributed by atoms with E-state index in [2.05, 4.69) is 10.2 Å². The van der Waals surface area contributed by atoms with Crippen molar-refractivity contribution in [1.29, 1.82) is 0 Å². The quantitative estimate of drug-likeness (QED) is 0.878. The van der Waals surface area contributed by atoms with Crippen molar-refractivity contribution in [2.45, 2.75) is 6.54 Å². The number of phenols is 1. The molecule has 0 aliphatic rings. The molecule has 106 valence electrons. The van der Waals surface area contributed by atoms with Crippen LogP contribution in [-0.2, 0) is 6.54 Å². The number of nitrogens with one attached hydrogen (secondary N) is 1. The van der Waals surface area contributed by atoms with Crippen LogP contribution in [0.3, 0.4) is 0 Å². The highest BCUT2D eigenvalue weighted by atomic mass is 16.5. The number of anilines is 2. The standard InChI is InChI=1S/C16H20N2O2/c1-18(2)14-6-4-13(5-7-14)17-11-12-10-15(20-3)8-9-16(12)19/h4-10,17,19H,11H2,1-3H3. The zero-order valence-electron chi connectivity index (χ0n) is 12.1. The van der Waals surface area contributed by atoms with Gasteiger partial charge >= 0.3 is 0 Å². The third-order valence-corrected chi connectivity index (χ3v) is 3.15. The third kappa shape index (κ3) is 3.35. The number of ether oxygens (including phenoxy) is 1. The van der Waals surface area contributed by atoms with Crippen molar-refractivity contribution in [2.75, 3.05) is 31.4 Å². The number of phenolic OH excluding ortho intramolecular Hbond substituents is 1. The molecule has 0 amide bonds. The summed E-state index contributed by atoms with van der Waals surface area (Å²) in [5, 5.41) is 13.1. The molecule has 0 spiro atoms. The van der Waals surface area contributed by atoms with Gasteiger partial charge in [-0.05, 0) is 42.5 Å². The Kier molecular flexibility index (Phi) is 4.35. The topological polar surface area (TPSA) is 44.7 Å². The van der Waals surface area contributed by atoms with Crippen molar-refractivity contribution >= 4 is 11.4 Å². The van der Waals surface area contributed by atoms with Gasteiger partial charge in [-0.2, -0.15) is 0 Å². The largest absolute Gasteiger partial charge is 0.508 e. The first-order valence-electron chi connectivity index (χ1n) is 6.47. The Morgan fingerprint density at radius 1 is 1.10 bits per heavy atom. The minimum absolute atomic E-state index is 0.267. The average Bonchev–Trinajstić information content (AvgIpc) is 2.47. The van der Waals surface area contributed by atoms with E-state index in [4.69, 9.17) is 4.74 Å². The highest BCUT2D eigenvalue weighted by molar-refractivity contribution is 5.55. The molecule has 4 heteroatoms. The van der Waals surface area contributed by atoms with Gasteiger partial charge in [0.15, 0.2) is 0 Å². The van der Waals surface area contributed by atoms with E-state index in [1.165, 1.54) is 0 Å².